The molecule has 2 rings (SSSR count). The lowest BCUT2D eigenvalue weighted by molar-refractivity contribution is -0.116. The first-order valence-electron chi connectivity index (χ1n) is 7.07. The molecule has 0 aliphatic carbocycles. The number of aryl methyl sites for hydroxylation is 2. The highest BCUT2D eigenvalue weighted by Crippen LogP contribution is 2.22. The molecule has 0 heterocycles. The lowest BCUT2D eigenvalue weighted by atomic mass is 10.1. The quantitative estimate of drug-likeness (QED) is 0.758. The van der Waals surface area contributed by atoms with Crippen molar-refractivity contribution >= 4 is 15.9 Å². The maximum atomic E-state index is 13.8. The molecule has 0 atom stereocenters. The van der Waals surface area contributed by atoms with Gasteiger partial charge in [-0.15, -0.1) is 0 Å². The number of carbonyl (C=O) groups is 1. The lowest BCUT2D eigenvalue weighted by Crippen LogP contribution is -2.11. The molecule has 0 aromatic heterocycles. The zero-order valence-corrected chi connectivity index (χ0v) is 13.7. The number of Topliss-reactive ketones (excluding diaryl/α,β-unsaturated/α-hetero) is 1. The minimum Gasteiger partial charge on any atom is -0.379 e. The second-order valence-corrected chi connectivity index (χ2v) is 6.83. The highest BCUT2D eigenvalue weighted by atomic mass is 32.2. The van der Waals surface area contributed by atoms with E-state index >= 15 is 0 Å². The Hall–Kier alpha value is -2.21. The fourth-order valence-electron chi connectivity index (χ4n) is 2.01. The second kappa shape index (κ2) is 6.91. The van der Waals surface area contributed by atoms with Crippen LogP contribution in [0.5, 0.6) is 5.75 Å². The second-order valence-electron chi connectivity index (χ2n) is 5.32. The summed E-state index contributed by atoms with van der Waals surface area (Å²) in [6.45, 7) is 3.18. The van der Waals surface area contributed by atoms with Crippen molar-refractivity contribution in [2.45, 2.75) is 31.6 Å². The minimum absolute atomic E-state index is 0.0859. The van der Waals surface area contributed by atoms with E-state index < -0.39 is 20.8 Å². The predicted octanol–water partition coefficient (Wildman–Crippen LogP) is 3.42. The molecule has 0 spiro atoms. The molecule has 6 heteroatoms. The topological polar surface area (TPSA) is 60.4 Å². The first-order valence-corrected chi connectivity index (χ1v) is 8.48. The number of benzene rings is 2. The average Bonchev–Trinajstić information content (AvgIpc) is 2.45. The number of carbonyl (C=O) groups excluding carboxylic acids is 1. The summed E-state index contributed by atoms with van der Waals surface area (Å²) in [7, 11) is -4.23. The zero-order chi connectivity index (χ0) is 17.0. The van der Waals surface area contributed by atoms with E-state index in [2.05, 4.69) is 0 Å². The third kappa shape index (κ3) is 4.63. The first-order chi connectivity index (χ1) is 10.8. The van der Waals surface area contributed by atoms with E-state index in [1.165, 1.54) is 31.2 Å². The molecule has 2 aromatic rings. The number of ketones is 1. The molecule has 122 valence electrons. The fraction of sp³-hybridized carbons (Fsp3) is 0.235. The summed E-state index contributed by atoms with van der Waals surface area (Å²) in [4.78, 5) is 10.4. The smallest absolute Gasteiger partial charge is 0.342 e. The summed E-state index contributed by atoms with van der Waals surface area (Å²) >= 11 is 0. The van der Waals surface area contributed by atoms with Crippen LogP contribution in [0.1, 0.15) is 24.5 Å². The molecule has 0 saturated carbocycles. The minimum atomic E-state index is -4.23. The number of hydrogen-bond donors (Lipinski definition) is 0. The Morgan fingerprint density at radius 1 is 1.13 bits per heavy atom. The van der Waals surface area contributed by atoms with Gasteiger partial charge in [-0.25, -0.2) is 4.39 Å². The van der Waals surface area contributed by atoms with Crippen molar-refractivity contribution in [3.05, 3.63) is 59.4 Å². The van der Waals surface area contributed by atoms with Crippen LogP contribution in [-0.4, -0.2) is 14.2 Å². The summed E-state index contributed by atoms with van der Waals surface area (Å²) in [5.41, 5.74) is 1.52. The highest BCUT2D eigenvalue weighted by Gasteiger charge is 2.21. The maximum absolute atomic E-state index is 13.8. The fourth-order valence-corrected chi connectivity index (χ4v) is 3.00. The van der Waals surface area contributed by atoms with E-state index in [1.54, 1.807) is 19.1 Å². The van der Waals surface area contributed by atoms with Gasteiger partial charge >= 0.3 is 10.1 Å². The summed E-state index contributed by atoms with van der Waals surface area (Å²) < 4.78 is 43.0. The monoisotopic (exact) mass is 336 g/mol. The van der Waals surface area contributed by atoms with Gasteiger partial charge < -0.3 is 8.98 Å². The van der Waals surface area contributed by atoms with Gasteiger partial charge in [0.05, 0.1) is 0 Å². The van der Waals surface area contributed by atoms with Crippen LogP contribution in [0.4, 0.5) is 4.39 Å². The van der Waals surface area contributed by atoms with Crippen molar-refractivity contribution < 1.29 is 21.8 Å². The normalized spacial score (nSPS) is 11.3. The number of rotatable bonds is 6. The molecule has 0 radical (unpaired) electrons. The Balaban J connectivity index is 2.15. The Morgan fingerprint density at radius 3 is 2.35 bits per heavy atom. The van der Waals surface area contributed by atoms with Crippen molar-refractivity contribution in [2.24, 2.45) is 0 Å². The van der Waals surface area contributed by atoms with Crippen LogP contribution < -0.4 is 4.18 Å². The van der Waals surface area contributed by atoms with Gasteiger partial charge in [0.2, 0.25) is 0 Å². The number of halogens is 1. The third-order valence-electron chi connectivity index (χ3n) is 3.25. The maximum Gasteiger partial charge on any atom is 0.342 e. The lowest BCUT2D eigenvalue weighted by Gasteiger charge is -2.09. The molecule has 0 N–H and O–H groups in total. The Bertz CT molecular complexity index is 811. The van der Waals surface area contributed by atoms with Gasteiger partial charge in [0.25, 0.3) is 0 Å². The van der Waals surface area contributed by atoms with Gasteiger partial charge in [-0.1, -0.05) is 18.2 Å². The molecule has 0 amide bonds. The van der Waals surface area contributed by atoms with Crippen LogP contribution >= 0.6 is 0 Å². The molecule has 0 unspecified atom stereocenters. The molecule has 23 heavy (non-hydrogen) atoms. The van der Waals surface area contributed by atoms with E-state index in [1.807, 2.05) is 0 Å². The van der Waals surface area contributed by atoms with Gasteiger partial charge in [0.15, 0.2) is 0 Å². The molecule has 0 aliphatic rings. The highest BCUT2D eigenvalue weighted by molar-refractivity contribution is 7.87. The molecule has 0 saturated heterocycles. The molecule has 0 bridgehead atoms. The molecular formula is C17H17FO4S. The summed E-state index contributed by atoms with van der Waals surface area (Å²) in [5.74, 6) is -0.664. The van der Waals surface area contributed by atoms with Crippen molar-refractivity contribution in [1.29, 1.82) is 0 Å². The molecule has 0 aliphatic heterocycles. The van der Waals surface area contributed by atoms with Crippen molar-refractivity contribution in [1.82, 2.24) is 0 Å². The summed E-state index contributed by atoms with van der Waals surface area (Å²) in [5, 5.41) is 0. The molecular weight excluding hydrogens is 319 g/mol. The van der Waals surface area contributed by atoms with Crippen LogP contribution in [0.3, 0.4) is 0 Å². The average molecular weight is 336 g/mol. The Kier molecular flexibility index (Phi) is 5.15. The third-order valence-corrected chi connectivity index (χ3v) is 4.53. The van der Waals surface area contributed by atoms with Gasteiger partial charge in [0.1, 0.15) is 22.2 Å². The van der Waals surface area contributed by atoms with Gasteiger partial charge in [-0.2, -0.15) is 8.42 Å². The SMILES string of the molecule is CC(=O)CCc1ccc(OS(=O)(=O)c2ccc(C)cc2F)cc1. The van der Waals surface area contributed by atoms with E-state index in [-0.39, 0.29) is 11.5 Å². The van der Waals surface area contributed by atoms with Crippen molar-refractivity contribution in [3.8, 4) is 5.75 Å². The summed E-state index contributed by atoms with van der Waals surface area (Å²) in [6, 6.07) is 10.2. The first kappa shape index (κ1) is 17.1. The molecule has 2 aromatic carbocycles. The Morgan fingerprint density at radius 2 is 1.78 bits per heavy atom. The van der Waals surface area contributed by atoms with Gasteiger partial charge in [-0.05, 0) is 55.7 Å². The van der Waals surface area contributed by atoms with Crippen LogP contribution in [0.15, 0.2) is 47.4 Å². The van der Waals surface area contributed by atoms with E-state index in [9.17, 15) is 17.6 Å². The number of hydrogen-bond acceptors (Lipinski definition) is 4. The van der Waals surface area contributed by atoms with Crippen LogP contribution in [0.2, 0.25) is 0 Å². The van der Waals surface area contributed by atoms with E-state index in [0.29, 0.717) is 18.4 Å². The standard InChI is InChI=1S/C17H17FO4S/c1-12-3-10-17(16(18)11-12)23(20,21)22-15-8-6-14(7-9-15)5-4-13(2)19/h3,6-11H,4-5H2,1-2H3. The van der Waals surface area contributed by atoms with E-state index in [0.717, 1.165) is 11.6 Å². The van der Waals surface area contributed by atoms with Crippen molar-refractivity contribution in [3.63, 3.8) is 0 Å². The van der Waals surface area contributed by atoms with Gasteiger partial charge in [-0.3, -0.25) is 0 Å². The zero-order valence-electron chi connectivity index (χ0n) is 12.9. The van der Waals surface area contributed by atoms with E-state index in [4.69, 9.17) is 4.18 Å². The molecule has 0 fully saturated rings. The predicted molar refractivity (Wildman–Crippen MR) is 84.4 cm³/mol. The summed E-state index contributed by atoms with van der Waals surface area (Å²) in [6.07, 6.45) is 1.00. The van der Waals surface area contributed by atoms with Crippen LogP contribution in [0.25, 0.3) is 0 Å². The van der Waals surface area contributed by atoms with Gasteiger partial charge in [0, 0.05) is 6.42 Å². The van der Waals surface area contributed by atoms with Crippen LogP contribution in [-0.2, 0) is 21.3 Å². The van der Waals surface area contributed by atoms with Crippen LogP contribution in [0, 0.1) is 12.7 Å². The largest absolute Gasteiger partial charge is 0.379 e. The van der Waals surface area contributed by atoms with Crippen molar-refractivity contribution in [2.75, 3.05) is 0 Å². The molecule has 4 nitrogen and oxygen atoms in total. The Labute approximate surface area is 135 Å².